The molecule has 6 nitrogen and oxygen atoms in total. The van der Waals surface area contributed by atoms with Crippen molar-refractivity contribution < 1.29 is 14.4 Å². The van der Waals surface area contributed by atoms with Gasteiger partial charge in [0.1, 0.15) is 5.69 Å². The number of anilines is 1. The fourth-order valence-corrected chi connectivity index (χ4v) is 1.41. The van der Waals surface area contributed by atoms with E-state index < -0.39 is 4.92 Å². The zero-order valence-corrected chi connectivity index (χ0v) is 10.6. The lowest BCUT2D eigenvalue weighted by Crippen LogP contribution is -2.10. The van der Waals surface area contributed by atoms with Crippen molar-refractivity contribution >= 4 is 11.4 Å². The monoisotopic (exact) mass is 254 g/mol. The molecule has 0 aliphatic rings. The van der Waals surface area contributed by atoms with Crippen molar-refractivity contribution in [3.63, 3.8) is 0 Å². The summed E-state index contributed by atoms with van der Waals surface area (Å²) in [6, 6.07) is 4.68. The number of nitro groups is 1. The maximum atomic E-state index is 10.7. The molecule has 0 aliphatic heterocycles. The molecule has 0 heterocycles. The number of benzene rings is 1. The van der Waals surface area contributed by atoms with Gasteiger partial charge in [-0.1, -0.05) is 12.1 Å². The molecule has 0 spiro atoms. The first-order chi connectivity index (χ1) is 8.52. The summed E-state index contributed by atoms with van der Waals surface area (Å²) in [5, 5.41) is 10.7. The number of hydrogen-bond donors (Lipinski definition) is 1. The second kappa shape index (κ2) is 6.93. The SMILES string of the molecule is CC(C)OCCOCc1cccc([N+](=O)[O-])c1N. The third-order valence-corrected chi connectivity index (χ3v) is 2.31. The lowest BCUT2D eigenvalue weighted by atomic mass is 10.1. The molecule has 1 aromatic rings. The molecule has 100 valence electrons. The Morgan fingerprint density at radius 1 is 1.39 bits per heavy atom. The Hall–Kier alpha value is -1.66. The van der Waals surface area contributed by atoms with E-state index in [-0.39, 0.29) is 24.1 Å². The van der Waals surface area contributed by atoms with Crippen molar-refractivity contribution in [1.29, 1.82) is 0 Å². The Morgan fingerprint density at radius 2 is 2.11 bits per heavy atom. The molecule has 0 aliphatic carbocycles. The minimum absolute atomic E-state index is 0.0884. The first-order valence-corrected chi connectivity index (χ1v) is 5.73. The number of hydrogen-bond acceptors (Lipinski definition) is 5. The van der Waals surface area contributed by atoms with Crippen LogP contribution in [0.25, 0.3) is 0 Å². The van der Waals surface area contributed by atoms with Gasteiger partial charge in [-0.05, 0) is 13.8 Å². The Bertz CT molecular complexity index is 407. The smallest absolute Gasteiger partial charge is 0.292 e. The standard InChI is InChI=1S/C12H18N2O4/c1-9(2)18-7-6-17-8-10-4-3-5-11(12(10)13)14(15)16/h3-5,9H,6-8,13H2,1-2H3. The van der Waals surface area contributed by atoms with E-state index in [0.717, 1.165) is 0 Å². The normalized spacial score (nSPS) is 10.8. The van der Waals surface area contributed by atoms with Crippen LogP contribution in [-0.2, 0) is 16.1 Å². The maximum absolute atomic E-state index is 10.7. The minimum Gasteiger partial charge on any atom is -0.393 e. The van der Waals surface area contributed by atoms with Crippen LogP contribution in [0, 0.1) is 10.1 Å². The van der Waals surface area contributed by atoms with Crippen LogP contribution in [0.5, 0.6) is 0 Å². The van der Waals surface area contributed by atoms with Crippen LogP contribution in [0.4, 0.5) is 11.4 Å². The average Bonchev–Trinajstić information content (AvgIpc) is 2.30. The summed E-state index contributed by atoms with van der Waals surface area (Å²) in [6.45, 7) is 5.05. The van der Waals surface area contributed by atoms with Gasteiger partial charge in [-0.2, -0.15) is 0 Å². The molecule has 0 saturated carbocycles. The zero-order valence-electron chi connectivity index (χ0n) is 10.6. The number of nitrogens with zero attached hydrogens (tertiary/aromatic N) is 1. The zero-order chi connectivity index (χ0) is 13.5. The molecule has 1 aromatic carbocycles. The molecule has 2 N–H and O–H groups in total. The van der Waals surface area contributed by atoms with Crippen LogP contribution in [0.3, 0.4) is 0 Å². The molecule has 18 heavy (non-hydrogen) atoms. The quantitative estimate of drug-likeness (QED) is 0.348. The summed E-state index contributed by atoms with van der Waals surface area (Å²) in [6.07, 6.45) is 0.163. The summed E-state index contributed by atoms with van der Waals surface area (Å²) in [4.78, 5) is 10.2. The average molecular weight is 254 g/mol. The fourth-order valence-electron chi connectivity index (χ4n) is 1.41. The van der Waals surface area contributed by atoms with Crippen LogP contribution >= 0.6 is 0 Å². The van der Waals surface area contributed by atoms with Gasteiger partial charge in [-0.3, -0.25) is 10.1 Å². The summed E-state index contributed by atoms with van der Waals surface area (Å²) in [7, 11) is 0. The molecule has 0 radical (unpaired) electrons. The number of nitrogens with two attached hydrogens (primary N) is 1. The largest absolute Gasteiger partial charge is 0.393 e. The summed E-state index contributed by atoms with van der Waals surface area (Å²) < 4.78 is 10.7. The Morgan fingerprint density at radius 3 is 2.72 bits per heavy atom. The predicted octanol–water partition coefficient (Wildman–Crippen LogP) is 2.12. The van der Waals surface area contributed by atoms with E-state index in [0.29, 0.717) is 18.8 Å². The van der Waals surface area contributed by atoms with Crippen molar-refractivity contribution in [2.45, 2.75) is 26.6 Å². The van der Waals surface area contributed by atoms with Crippen molar-refractivity contribution in [2.75, 3.05) is 18.9 Å². The van der Waals surface area contributed by atoms with E-state index in [9.17, 15) is 10.1 Å². The minimum atomic E-state index is -0.499. The van der Waals surface area contributed by atoms with Crippen LogP contribution in [0.1, 0.15) is 19.4 Å². The molecular weight excluding hydrogens is 236 g/mol. The number of nitro benzene ring substituents is 1. The molecule has 0 saturated heterocycles. The van der Waals surface area contributed by atoms with Crippen LogP contribution < -0.4 is 5.73 Å². The Balaban J connectivity index is 2.48. The van der Waals surface area contributed by atoms with Gasteiger partial charge in [0, 0.05) is 11.6 Å². The summed E-state index contributed by atoms with van der Waals surface area (Å²) in [5.74, 6) is 0. The third-order valence-electron chi connectivity index (χ3n) is 2.31. The number of ether oxygens (including phenoxy) is 2. The predicted molar refractivity (Wildman–Crippen MR) is 68.3 cm³/mol. The van der Waals surface area contributed by atoms with Crippen molar-refractivity contribution in [1.82, 2.24) is 0 Å². The van der Waals surface area contributed by atoms with Crippen molar-refractivity contribution in [2.24, 2.45) is 0 Å². The van der Waals surface area contributed by atoms with Gasteiger partial charge in [0.25, 0.3) is 5.69 Å². The molecule has 0 amide bonds. The lowest BCUT2D eigenvalue weighted by molar-refractivity contribution is -0.384. The van der Waals surface area contributed by atoms with Gasteiger partial charge in [0.2, 0.25) is 0 Å². The van der Waals surface area contributed by atoms with Crippen LogP contribution in [0.15, 0.2) is 18.2 Å². The number of rotatable bonds is 7. The number of para-hydroxylation sites is 1. The lowest BCUT2D eigenvalue weighted by Gasteiger charge is -2.09. The highest BCUT2D eigenvalue weighted by atomic mass is 16.6. The van der Waals surface area contributed by atoms with Crippen molar-refractivity contribution in [3.8, 4) is 0 Å². The van der Waals surface area contributed by atoms with E-state index in [4.69, 9.17) is 15.2 Å². The third kappa shape index (κ3) is 4.31. The molecule has 0 atom stereocenters. The Labute approximate surface area is 106 Å². The molecular formula is C12H18N2O4. The fraction of sp³-hybridized carbons (Fsp3) is 0.500. The molecule has 0 unspecified atom stereocenters. The van der Waals surface area contributed by atoms with Gasteiger partial charge in [-0.25, -0.2) is 0 Å². The first kappa shape index (κ1) is 14.4. The van der Waals surface area contributed by atoms with Gasteiger partial charge < -0.3 is 15.2 Å². The van der Waals surface area contributed by atoms with E-state index in [2.05, 4.69) is 0 Å². The van der Waals surface area contributed by atoms with Crippen LogP contribution in [0.2, 0.25) is 0 Å². The molecule has 6 heteroatoms. The molecule has 0 fully saturated rings. The van der Waals surface area contributed by atoms with Crippen LogP contribution in [-0.4, -0.2) is 24.2 Å². The van der Waals surface area contributed by atoms with Gasteiger partial charge in [-0.15, -0.1) is 0 Å². The van der Waals surface area contributed by atoms with E-state index >= 15 is 0 Å². The van der Waals surface area contributed by atoms with E-state index in [1.54, 1.807) is 12.1 Å². The Kier molecular flexibility index (Phi) is 5.54. The summed E-state index contributed by atoms with van der Waals surface area (Å²) >= 11 is 0. The maximum Gasteiger partial charge on any atom is 0.292 e. The molecule has 0 aromatic heterocycles. The topological polar surface area (TPSA) is 87.6 Å². The summed E-state index contributed by atoms with van der Waals surface area (Å²) in [5.41, 5.74) is 6.38. The molecule has 1 rings (SSSR count). The second-order valence-corrected chi connectivity index (χ2v) is 4.08. The highest BCUT2D eigenvalue weighted by Gasteiger charge is 2.13. The first-order valence-electron chi connectivity index (χ1n) is 5.73. The van der Waals surface area contributed by atoms with Gasteiger partial charge >= 0.3 is 0 Å². The highest BCUT2D eigenvalue weighted by Crippen LogP contribution is 2.25. The van der Waals surface area contributed by atoms with E-state index in [1.165, 1.54) is 6.07 Å². The number of nitrogen functional groups attached to an aromatic ring is 1. The van der Waals surface area contributed by atoms with E-state index in [1.807, 2.05) is 13.8 Å². The van der Waals surface area contributed by atoms with Crippen molar-refractivity contribution in [3.05, 3.63) is 33.9 Å². The van der Waals surface area contributed by atoms with Gasteiger partial charge in [0.15, 0.2) is 0 Å². The molecule has 0 bridgehead atoms. The second-order valence-electron chi connectivity index (χ2n) is 4.08. The van der Waals surface area contributed by atoms with Gasteiger partial charge in [0.05, 0.1) is 30.8 Å². The highest BCUT2D eigenvalue weighted by molar-refractivity contribution is 5.62.